The second-order valence-electron chi connectivity index (χ2n) is 5.99. The van der Waals surface area contributed by atoms with Crippen molar-refractivity contribution < 1.29 is 4.79 Å². The molecule has 4 atom stereocenters. The van der Waals surface area contributed by atoms with Crippen molar-refractivity contribution in [3.05, 3.63) is 0 Å². The van der Waals surface area contributed by atoms with Gasteiger partial charge >= 0.3 is 0 Å². The van der Waals surface area contributed by atoms with E-state index in [1.807, 2.05) is 0 Å². The molecule has 0 unspecified atom stereocenters. The van der Waals surface area contributed by atoms with Crippen LogP contribution in [0.4, 0.5) is 5.95 Å². The summed E-state index contributed by atoms with van der Waals surface area (Å²) >= 11 is 1.30. The lowest BCUT2D eigenvalue weighted by Gasteiger charge is -2.28. The van der Waals surface area contributed by atoms with Crippen molar-refractivity contribution in [2.75, 3.05) is 11.5 Å². The Morgan fingerprint density at radius 1 is 1.55 bits per heavy atom. The van der Waals surface area contributed by atoms with Crippen LogP contribution in [-0.2, 0) is 4.79 Å². The van der Waals surface area contributed by atoms with Crippen LogP contribution in [0.3, 0.4) is 0 Å². The van der Waals surface area contributed by atoms with Gasteiger partial charge in [0, 0.05) is 6.04 Å². The first-order chi connectivity index (χ1) is 9.61. The van der Waals surface area contributed by atoms with Crippen molar-refractivity contribution in [3.8, 4) is 0 Å². The number of fused-ring (bicyclic) bond motifs is 2. The standard InChI is InChI=1S/C13H21N5OS/c1-7(10-5-8-2-3-9(10)4-8)15-11(19)6-20-13-16-12(14)17-18-13/h7-10H,2-6H2,1H3,(H,15,19)(H3,14,16,17,18)/t7-,8-,9+,10-/m1/s1. The molecule has 0 aliphatic heterocycles. The lowest BCUT2D eigenvalue weighted by atomic mass is 9.84. The molecule has 0 saturated heterocycles. The van der Waals surface area contributed by atoms with Crippen molar-refractivity contribution in [2.24, 2.45) is 17.8 Å². The van der Waals surface area contributed by atoms with Crippen molar-refractivity contribution in [1.29, 1.82) is 0 Å². The number of carbonyl (C=O) groups excluding carboxylic acids is 1. The molecular weight excluding hydrogens is 274 g/mol. The van der Waals surface area contributed by atoms with Crippen molar-refractivity contribution in [2.45, 2.75) is 43.8 Å². The van der Waals surface area contributed by atoms with Crippen LogP contribution in [-0.4, -0.2) is 32.9 Å². The van der Waals surface area contributed by atoms with Gasteiger partial charge < -0.3 is 11.1 Å². The highest BCUT2D eigenvalue weighted by Gasteiger charge is 2.42. The monoisotopic (exact) mass is 295 g/mol. The Kier molecular flexibility index (Phi) is 3.87. The molecule has 2 fully saturated rings. The molecule has 2 bridgehead atoms. The van der Waals surface area contributed by atoms with Crippen LogP contribution in [0, 0.1) is 17.8 Å². The van der Waals surface area contributed by atoms with E-state index in [0.717, 1.165) is 11.8 Å². The van der Waals surface area contributed by atoms with Gasteiger partial charge in [0.1, 0.15) is 0 Å². The number of H-pyrrole nitrogens is 1. The Labute approximate surface area is 122 Å². The number of nitrogens with two attached hydrogens (primary N) is 1. The fourth-order valence-corrected chi connectivity index (χ4v) is 4.38. The maximum atomic E-state index is 12.0. The number of carbonyl (C=O) groups is 1. The Balaban J connectivity index is 1.44. The van der Waals surface area contributed by atoms with Gasteiger partial charge in [-0.2, -0.15) is 4.98 Å². The molecule has 2 aliphatic carbocycles. The van der Waals surface area contributed by atoms with Gasteiger partial charge in [-0.25, -0.2) is 5.10 Å². The third-order valence-corrected chi connectivity index (χ3v) is 5.49. The molecule has 0 aromatic carbocycles. The van der Waals surface area contributed by atoms with Crippen LogP contribution in [0.2, 0.25) is 0 Å². The smallest absolute Gasteiger partial charge is 0.230 e. The zero-order chi connectivity index (χ0) is 14.1. The van der Waals surface area contributed by atoms with E-state index in [9.17, 15) is 4.79 Å². The average molecular weight is 295 g/mol. The van der Waals surface area contributed by atoms with Crippen LogP contribution in [0.25, 0.3) is 0 Å². The van der Waals surface area contributed by atoms with E-state index in [-0.39, 0.29) is 17.9 Å². The number of nitrogen functional groups attached to an aromatic ring is 1. The Morgan fingerprint density at radius 3 is 3.00 bits per heavy atom. The third kappa shape index (κ3) is 2.92. The number of amides is 1. The molecular formula is C13H21N5OS. The predicted octanol–water partition coefficient (Wildman–Crippen LogP) is 1.42. The highest BCUT2D eigenvalue weighted by atomic mass is 32.2. The first-order valence-corrected chi connectivity index (χ1v) is 8.20. The fourth-order valence-electron chi connectivity index (χ4n) is 3.76. The highest BCUT2D eigenvalue weighted by Crippen LogP contribution is 2.49. The summed E-state index contributed by atoms with van der Waals surface area (Å²) in [4.78, 5) is 15.9. The molecule has 6 nitrogen and oxygen atoms in total. The Morgan fingerprint density at radius 2 is 2.40 bits per heavy atom. The minimum absolute atomic E-state index is 0.0497. The van der Waals surface area contributed by atoms with Gasteiger partial charge in [0.15, 0.2) is 0 Å². The quantitative estimate of drug-likeness (QED) is 0.714. The number of anilines is 1. The molecule has 7 heteroatoms. The van der Waals surface area contributed by atoms with E-state index in [2.05, 4.69) is 27.4 Å². The van der Waals surface area contributed by atoms with Crippen molar-refractivity contribution >= 4 is 23.6 Å². The third-order valence-electron chi connectivity index (χ3n) is 4.64. The second-order valence-corrected chi connectivity index (χ2v) is 6.93. The number of nitrogens with one attached hydrogen (secondary N) is 2. The zero-order valence-corrected chi connectivity index (χ0v) is 12.4. The predicted molar refractivity (Wildman–Crippen MR) is 78.1 cm³/mol. The number of nitrogens with zero attached hydrogens (tertiary/aromatic N) is 2. The lowest BCUT2D eigenvalue weighted by Crippen LogP contribution is -2.40. The molecule has 2 aliphatic rings. The number of hydrogen-bond acceptors (Lipinski definition) is 5. The number of aromatic amines is 1. The van der Waals surface area contributed by atoms with Crippen LogP contribution >= 0.6 is 11.8 Å². The highest BCUT2D eigenvalue weighted by molar-refractivity contribution is 7.99. The summed E-state index contributed by atoms with van der Waals surface area (Å²) in [5.41, 5.74) is 5.44. The number of rotatable bonds is 5. The summed E-state index contributed by atoms with van der Waals surface area (Å²) in [6.45, 7) is 2.14. The Bertz CT molecular complexity index is 491. The fraction of sp³-hybridized carbons (Fsp3) is 0.769. The first-order valence-electron chi connectivity index (χ1n) is 7.22. The zero-order valence-electron chi connectivity index (χ0n) is 11.6. The van der Waals surface area contributed by atoms with Gasteiger partial charge in [0.25, 0.3) is 0 Å². The summed E-state index contributed by atoms with van der Waals surface area (Å²) in [6.07, 6.45) is 5.40. The summed E-state index contributed by atoms with van der Waals surface area (Å²) in [6, 6.07) is 0.274. The molecule has 0 spiro atoms. The lowest BCUT2D eigenvalue weighted by molar-refractivity contribution is -0.119. The van der Waals surface area contributed by atoms with Gasteiger partial charge in [0.05, 0.1) is 5.75 Å². The van der Waals surface area contributed by atoms with Crippen LogP contribution in [0.15, 0.2) is 5.16 Å². The molecule has 1 aromatic rings. The molecule has 1 aromatic heterocycles. The van der Waals surface area contributed by atoms with E-state index < -0.39 is 0 Å². The van der Waals surface area contributed by atoms with Gasteiger partial charge in [-0.15, -0.1) is 5.10 Å². The van der Waals surface area contributed by atoms with E-state index in [4.69, 9.17) is 5.73 Å². The molecule has 2 saturated carbocycles. The summed E-state index contributed by atoms with van der Waals surface area (Å²) in [7, 11) is 0. The van der Waals surface area contributed by atoms with Crippen LogP contribution in [0.1, 0.15) is 32.6 Å². The van der Waals surface area contributed by atoms with E-state index >= 15 is 0 Å². The minimum Gasteiger partial charge on any atom is -0.368 e. The van der Waals surface area contributed by atoms with Crippen molar-refractivity contribution in [3.63, 3.8) is 0 Å². The molecule has 110 valence electrons. The molecule has 0 radical (unpaired) electrons. The molecule has 1 amide bonds. The van der Waals surface area contributed by atoms with Gasteiger partial charge in [-0.1, -0.05) is 18.2 Å². The SMILES string of the molecule is C[C@@H](NC(=O)CSc1n[nH]c(N)n1)[C@H]1C[C@@H]2CC[C@H]1C2. The largest absolute Gasteiger partial charge is 0.368 e. The number of thioether (sulfide) groups is 1. The van der Waals surface area contributed by atoms with E-state index in [1.165, 1.54) is 37.4 Å². The topological polar surface area (TPSA) is 96.7 Å². The number of hydrogen-bond donors (Lipinski definition) is 3. The maximum absolute atomic E-state index is 12.0. The number of aromatic nitrogens is 3. The second kappa shape index (κ2) is 5.63. The van der Waals surface area contributed by atoms with E-state index in [1.54, 1.807) is 0 Å². The van der Waals surface area contributed by atoms with Crippen molar-refractivity contribution in [1.82, 2.24) is 20.5 Å². The summed E-state index contributed by atoms with van der Waals surface area (Å²) in [5.74, 6) is 3.08. The van der Waals surface area contributed by atoms with Gasteiger partial charge in [-0.3, -0.25) is 4.79 Å². The molecule has 1 heterocycles. The van der Waals surface area contributed by atoms with Crippen LogP contribution in [0.5, 0.6) is 0 Å². The molecule has 3 rings (SSSR count). The first kappa shape index (κ1) is 13.7. The normalized spacial score (nSPS) is 29.6. The Hall–Kier alpha value is -1.24. The molecule has 4 N–H and O–H groups in total. The molecule has 20 heavy (non-hydrogen) atoms. The average Bonchev–Trinajstić information content (AvgIpc) is 3.12. The maximum Gasteiger partial charge on any atom is 0.230 e. The van der Waals surface area contributed by atoms with Crippen LogP contribution < -0.4 is 11.1 Å². The minimum atomic E-state index is 0.0497. The summed E-state index contributed by atoms with van der Waals surface area (Å²) in [5, 5.41) is 10.1. The van der Waals surface area contributed by atoms with Gasteiger partial charge in [-0.05, 0) is 43.9 Å². The van der Waals surface area contributed by atoms with E-state index in [0.29, 0.717) is 16.8 Å². The van der Waals surface area contributed by atoms with Gasteiger partial charge in [0.2, 0.25) is 17.0 Å². The summed E-state index contributed by atoms with van der Waals surface area (Å²) < 4.78 is 0.